The predicted octanol–water partition coefficient (Wildman–Crippen LogP) is 2.31. The van der Waals surface area contributed by atoms with Gasteiger partial charge in [0.1, 0.15) is 0 Å². The lowest BCUT2D eigenvalue weighted by atomic mass is 10.3. The van der Waals surface area contributed by atoms with E-state index in [0.29, 0.717) is 6.54 Å². The van der Waals surface area contributed by atoms with Gasteiger partial charge in [-0.1, -0.05) is 24.3 Å². The summed E-state index contributed by atoms with van der Waals surface area (Å²) in [5, 5.41) is 3.32. The van der Waals surface area contributed by atoms with Crippen LogP contribution in [0, 0.1) is 0 Å². The van der Waals surface area contributed by atoms with Crippen molar-refractivity contribution in [1.29, 1.82) is 0 Å². The van der Waals surface area contributed by atoms with E-state index in [2.05, 4.69) is 5.32 Å². The fourth-order valence-electron chi connectivity index (χ4n) is 2.01. The number of pyridine rings is 1. The molecule has 0 spiro atoms. The summed E-state index contributed by atoms with van der Waals surface area (Å²) < 4.78 is 1.76. The third kappa shape index (κ3) is 1.87. The molecule has 0 atom stereocenters. The smallest absolute Gasteiger partial charge is 0.251 e. The molecule has 3 heteroatoms. The number of anilines is 1. The molecule has 17 heavy (non-hydrogen) atoms. The molecule has 2 heterocycles. The molecule has 1 aliphatic heterocycles. The minimum Gasteiger partial charge on any atom is -0.357 e. The molecule has 0 radical (unpaired) electrons. The molecule has 1 aromatic carbocycles. The van der Waals surface area contributed by atoms with Crippen molar-refractivity contribution in [2.75, 3.05) is 5.32 Å². The Morgan fingerprint density at radius 1 is 1.00 bits per heavy atom. The van der Waals surface area contributed by atoms with Crippen LogP contribution in [-0.4, -0.2) is 4.57 Å². The molecule has 1 N–H and O–H groups in total. The maximum Gasteiger partial charge on any atom is 0.251 e. The van der Waals surface area contributed by atoms with Gasteiger partial charge in [-0.15, -0.1) is 0 Å². The number of aromatic nitrogens is 1. The van der Waals surface area contributed by atoms with Crippen LogP contribution >= 0.6 is 0 Å². The number of benzene rings is 1. The molecule has 0 saturated heterocycles. The summed E-state index contributed by atoms with van der Waals surface area (Å²) in [5.41, 5.74) is 3.08. The van der Waals surface area contributed by atoms with Gasteiger partial charge in [-0.2, -0.15) is 0 Å². The number of para-hydroxylation sites is 1. The number of nitrogens with zero attached hydrogens (tertiary/aromatic N) is 1. The molecule has 1 aromatic heterocycles. The topological polar surface area (TPSA) is 34.0 Å². The van der Waals surface area contributed by atoms with Crippen molar-refractivity contribution in [3.8, 4) is 0 Å². The van der Waals surface area contributed by atoms with Gasteiger partial charge in [0.15, 0.2) is 0 Å². The summed E-state index contributed by atoms with van der Waals surface area (Å²) in [7, 11) is 0. The van der Waals surface area contributed by atoms with Crippen molar-refractivity contribution in [2.24, 2.45) is 0 Å². The summed E-state index contributed by atoms with van der Waals surface area (Å²) in [5.74, 6) is 0. The van der Waals surface area contributed by atoms with Crippen LogP contribution in [0.1, 0.15) is 5.69 Å². The SMILES string of the molecule is O=c1cccc2n1CC(Nc1ccccc1)=C2. The molecule has 2 aromatic rings. The largest absolute Gasteiger partial charge is 0.357 e. The Labute approximate surface area is 99.0 Å². The summed E-state index contributed by atoms with van der Waals surface area (Å²) >= 11 is 0. The molecule has 0 aliphatic carbocycles. The van der Waals surface area contributed by atoms with Gasteiger partial charge in [-0.05, 0) is 24.3 Å². The highest BCUT2D eigenvalue weighted by molar-refractivity contribution is 5.60. The summed E-state index contributed by atoms with van der Waals surface area (Å²) in [4.78, 5) is 11.6. The van der Waals surface area contributed by atoms with E-state index in [0.717, 1.165) is 17.1 Å². The number of rotatable bonds is 2. The fourth-order valence-corrected chi connectivity index (χ4v) is 2.01. The van der Waals surface area contributed by atoms with E-state index < -0.39 is 0 Å². The van der Waals surface area contributed by atoms with Gasteiger partial charge in [-0.25, -0.2) is 0 Å². The lowest BCUT2D eigenvalue weighted by Crippen LogP contribution is -2.19. The quantitative estimate of drug-likeness (QED) is 0.849. The van der Waals surface area contributed by atoms with Crippen molar-refractivity contribution >= 4 is 11.8 Å². The van der Waals surface area contributed by atoms with E-state index in [4.69, 9.17) is 0 Å². The standard InChI is InChI=1S/C14H12N2O/c17-14-8-4-7-13-9-12(10-16(13)14)15-11-5-2-1-3-6-11/h1-9,15H,10H2. The van der Waals surface area contributed by atoms with E-state index in [1.54, 1.807) is 16.7 Å². The lowest BCUT2D eigenvalue weighted by molar-refractivity contribution is 0.770. The van der Waals surface area contributed by atoms with Gasteiger partial charge >= 0.3 is 0 Å². The minimum atomic E-state index is 0.0450. The molecule has 84 valence electrons. The molecule has 3 rings (SSSR count). The van der Waals surface area contributed by atoms with Crippen LogP contribution < -0.4 is 10.9 Å². The number of fused-ring (bicyclic) bond motifs is 1. The Hall–Kier alpha value is -2.29. The van der Waals surface area contributed by atoms with Crippen molar-refractivity contribution in [3.05, 3.63) is 70.3 Å². The lowest BCUT2D eigenvalue weighted by Gasteiger charge is -2.07. The molecular formula is C14H12N2O. The normalized spacial score (nSPS) is 13.1. The van der Waals surface area contributed by atoms with E-state index in [1.807, 2.05) is 42.5 Å². The third-order valence-electron chi connectivity index (χ3n) is 2.81. The molecule has 3 nitrogen and oxygen atoms in total. The third-order valence-corrected chi connectivity index (χ3v) is 2.81. The van der Waals surface area contributed by atoms with Gasteiger partial charge in [0.25, 0.3) is 5.56 Å². The second kappa shape index (κ2) is 3.94. The maximum atomic E-state index is 11.6. The van der Waals surface area contributed by atoms with Gasteiger partial charge < -0.3 is 9.88 Å². The minimum absolute atomic E-state index is 0.0450. The van der Waals surface area contributed by atoms with Gasteiger partial charge in [0.2, 0.25) is 0 Å². The second-order valence-corrected chi connectivity index (χ2v) is 4.04. The average molecular weight is 224 g/mol. The average Bonchev–Trinajstić information content (AvgIpc) is 2.74. The van der Waals surface area contributed by atoms with Crippen molar-refractivity contribution in [1.82, 2.24) is 4.57 Å². The number of hydrogen-bond acceptors (Lipinski definition) is 2. The Morgan fingerprint density at radius 3 is 2.59 bits per heavy atom. The highest BCUT2D eigenvalue weighted by Crippen LogP contribution is 2.18. The van der Waals surface area contributed by atoms with Crippen LogP contribution in [0.4, 0.5) is 5.69 Å². The maximum absolute atomic E-state index is 11.6. The van der Waals surface area contributed by atoms with Crippen LogP contribution in [0.3, 0.4) is 0 Å². The summed E-state index contributed by atoms with van der Waals surface area (Å²) in [6.07, 6.45) is 2.01. The molecule has 0 fully saturated rings. The van der Waals surface area contributed by atoms with Crippen LogP contribution in [0.25, 0.3) is 6.08 Å². The van der Waals surface area contributed by atoms with Gasteiger partial charge in [-0.3, -0.25) is 4.79 Å². The Morgan fingerprint density at radius 2 is 1.82 bits per heavy atom. The number of allylic oxidation sites excluding steroid dienone is 1. The van der Waals surface area contributed by atoms with E-state index >= 15 is 0 Å². The molecular weight excluding hydrogens is 212 g/mol. The predicted molar refractivity (Wildman–Crippen MR) is 68.7 cm³/mol. The molecule has 0 unspecified atom stereocenters. The van der Waals surface area contributed by atoms with Crippen LogP contribution in [0.15, 0.2) is 59.0 Å². The van der Waals surface area contributed by atoms with E-state index in [1.165, 1.54) is 0 Å². The first-order valence-electron chi connectivity index (χ1n) is 5.55. The highest BCUT2D eigenvalue weighted by Gasteiger charge is 2.12. The first-order chi connectivity index (χ1) is 8.33. The van der Waals surface area contributed by atoms with Crippen molar-refractivity contribution in [2.45, 2.75) is 6.54 Å². The Balaban J connectivity index is 1.87. The molecule has 0 saturated carbocycles. The van der Waals surface area contributed by atoms with Crippen LogP contribution in [0.2, 0.25) is 0 Å². The highest BCUT2D eigenvalue weighted by atomic mass is 16.1. The van der Waals surface area contributed by atoms with Crippen molar-refractivity contribution < 1.29 is 0 Å². The number of hydrogen-bond donors (Lipinski definition) is 1. The summed E-state index contributed by atoms with van der Waals surface area (Å²) in [6, 6.07) is 15.3. The zero-order valence-electron chi connectivity index (χ0n) is 9.26. The molecule has 0 amide bonds. The van der Waals surface area contributed by atoms with Gasteiger partial charge in [0.05, 0.1) is 6.54 Å². The zero-order valence-corrected chi connectivity index (χ0v) is 9.26. The van der Waals surface area contributed by atoms with Gasteiger partial charge in [0, 0.05) is 23.1 Å². The molecule has 1 aliphatic rings. The second-order valence-electron chi connectivity index (χ2n) is 4.04. The van der Waals surface area contributed by atoms with Crippen molar-refractivity contribution in [3.63, 3.8) is 0 Å². The van der Waals surface area contributed by atoms with Crippen LogP contribution in [-0.2, 0) is 6.54 Å². The monoisotopic (exact) mass is 224 g/mol. The first-order valence-corrected chi connectivity index (χ1v) is 5.55. The Bertz CT molecular complexity index is 626. The first kappa shape index (κ1) is 9.90. The Kier molecular flexibility index (Phi) is 2.29. The molecule has 0 bridgehead atoms. The van der Waals surface area contributed by atoms with E-state index in [9.17, 15) is 4.79 Å². The van der Waals surface area contributed by atoms with Crippen LogP contribution in [0.5, 0.6) is 0 Å². The fraction of sp³-hybridized carbons (Fsp3) is 0.0714. The van der Waals surface area contributed by atoms with E-state index in [-0.39, 0.29) is 5.56 Å². The number of nitrogens with one attached hydrogen (secondary N) is 1. The zero-order chi connectivity index (χ0) is 11.7. The summed E-state index contributed by atoms with van der Waals surface area (Å²) in [6.45, 7) is 0.615.